The highest BCUT2D eigenvalue weighted by Crippen LogP contribution is 2.20. The molecule has 0 aliphatic carbocycles. The standard InChI is InChI=1S/C25H31N3O4/c29-21-9-4-19(5-10-21)6-13-25(32)28-16-2-1-14-27-24(31)18-23(26-15-3-17-28)20-7-11-22(30)12-8-20/h4-13,23,26,29-30H,1-3,14-18H2,(H,27,31)/b13-6+/t23-/m0/s1. The molecule has 4 N–H and O–H groups in total. The number of phenols is 2. The molecule has 1 aliphatic rings. The molecule has 0 saturated carbocycles. The number of carbonyl (C=O) groups is 2. The van der Waals surface area contributed by atoms with Gasteiger partial charge in [-0.15, -0.1) is 0 Å². The predicted octanol–water partition coefficient (Wildman–Crippen LogP) is 2.96. The smallest absolute Gasteiger partial charge is 0.246 e. The topological polar surface area (TPSA) is 102 Å². The Labute approximate surface area is 188 Å². The monoisotopic (exact) mass is 437 g/mol. The van der Waals surface area contributed by atoms with Crippen molar-refractivity contribution in [1.82, 2.24) is 15.5 Å². The molecule has 2 aromatic rings. The lowest BCUT2D eigenvalue weighted by Crippen LogP contribution is -2.34. The molecule has 1 saturated heterocycles. The molecular weight excluding hydrogens is 406 g/mol. The first-order chi connectivity index (χ1) is 15.5. The lowest BCUT2D eigenvalue weighted by atomic mass is 10.0. The highest BCUT2D eigenvalue weighted by atomic mass is 16.3. The lowest BCUT2D eigenvalue weighted by molar-refractivity contribution is -0.126. The summed E-state index contributed by atoms with van der Waals surface area (Å²) in [4.78, 5) is 27.0. The molecule has 3 rings (SSSR count). The van der Waals surface area contributed by atoms with Crippen molar-refractivity contribution in [2.45, 2.75) is 31.7 Å². The minimum absolute atomic E-state index is 0.0143. The maximum Gasteiger partial charge on any atom is 0.246 e. The van der Waals surface area contributed by atoms with Crippen LogP contribution < -0.4 is 10.6 Å². The molecule has 170 valence electrons. The fraction of sp³-hybridized carbons (Fsp3) is 0.360. The van der Waals surface area contributed by atoms with Crippen molar-refractivity contribution in [2.24, 2.45) is 0 Å². The van der Waals surface area contributed by atoms with Gasteiger partial charge in [0.1, 0.15) is 11.5 Å². The molecule has 7 heteroatoms. The van der Waals surface area contributed by atoms with Crippen LogP contribution in [0.4, 0.5) is 0 Å². The number of amides is 2. The number of hydrogen-bond acceptors (Lipinski definition) is 5. The summed E-state index contributed by atoms with van der Waals surface area (Å²) < 4.78 is 0. The van der Waals surface area contributed by atoms with Crippen LogP contribution in [0, 0.1) is 0 Å². The van der Waals surface area contributed by atoms with E-state index in [0.29, 0.717) is 32.6 Å². The van der Waals surface area contributed by atoms with Crippen LogP contribution in [0.15, 0.2) is 54.6 Å². The summed E-state index contributed by atoms with van der Waals surface area (Å²) in [6, 6.07) is 13.4. The SMILES string of the molecule is O=C1C[C@@H](c2ccc(O)cc2)NCCCN(C(=O)/C=C/c2ccc(O)cc2)CCCCN1. The van der Waals surface area contributed by atoms with Gasteiger partial charge < -0.3 is 25.7 Å². The third-order valence-electron chi connectivity index (χ3n) is 5.48. The number of hydrogen-bond donors (Lipinski definition) is 4. The van der Waals surface area contributed by atoms with Crippen molar-refractivity contribution in [3.8, 4) is 11.5 Å². The van der Waals surface area contributed by atoms with Crippen LogP contribution in [-0.2, 0) is 9.59 Å². The summed E-state index contributed by atoms with van der Waals surface area (Å²) >= 11 is 0. The van der Waals surface area contributed by atoms with Crippen molar-refractivity contribution in [3.63, 3.8) is 0 Å². The second kappa shape index (κ2) is 11.9. The van der Waals surface area contributed by atoms with Gasteiger partial charge in [0.15, 0.2) is 0 Å². The van der Waals surface area contributed by atoms with E-state index in [-0.39, 0.29) is 29.4 Å². The van der Waals surface area contributed by atoms with Gasteiger partial charge in [-0.25, -0.2) is 0 Å². The first-order valence-corrected chi connectivity index (χ1v) is 11.1. The van der Waals surface area contributed by atoms with Crippen LogP contribution in [0.2, 0.25) is 0 Å². The molecule has 1 atom stereocenters. The average molecular weight is 438 g/mol. The Kier molecular flexibility index (Phi) is 8.69. The Morgan fingerprint density at radius 1 is 0.906 bits per heavy atom. The van der Waals surface area contributed by atoms with Crippen LogP contribution in [0.25, 0.3) is 6.08 Å². The van der Waals surface area contributed by atoms with Crippen molar-refractivity contribution in [1.29, 1.82) is 0 Å². The van der Waals surface area contributed by atoms with Crippen molar-refractivity contribution >= 4 is 17.9 Å². The first-order valence-electron chi connectivity index (χ1n) is 11.1. The zero-order valence-corrected chi connectivity index (χ0v) is 18.2. The lowest BCUT2D eigenvalue weighted by Gasteiger charge is -2.22. The molecule has 0 bridgehead atoms. The van der Waals surface area contributed by atoms with Crippen molar-refractivity contribution < 1.29 is 19.8 Å². The summed E-state index contributed by atoms with van der Waals surface area (Å²) in [5, 5.41) is 25.3. The summed E-state index contributed by atoms with van der Waals surface area (Å²) in [6.45, 7) is 2.49. The Bertz CT molecular complexity index is 910. The van der Waals surface area contributed by atoms with Gasteiger partial charge in [-0.1, -0.05) is 24.3 Å². The Morgan fingerprint density at radius 3 is 2.28 bits per heavy atom. The molecule has 32 heavy (non-hydrogen) atoms. The van der Waals surface area contributed by atoms with E-state index in [1.54, 1.807) is 48.6 Å². The summed E-state index contributed by atoms with van der Waals surface area (Å²) in [6.07, 6.45) is 6.02. The van der Waals surface area contributed by atoms with Crippen LogP contribution in [0.5, 0.6) is 11.5 Å². The summed E-state index contributed by atoms with van der Waals surface area (Å²) in [5.74, 6) is 0.321. The Balaban J connectivity index is 1.62. The number of nitrogens with one attached hydrogen (secondary N) is 2. The molecule has 0 aromatic heterocycles. The number of nitrogens with zero attached hydrogens (tertiary/aromatic N) is 1. The van der Waals surface area contributed by atoms with Gasteiger partial charge in [0.05, 0.1) is 0 Å². The first kappa shape index (κ1) is 23.3. The molecule has 1 heterocycles. The van der Waals surface area contributed by atoms with E-state index >= 15 is 0 Å². The Hall–Kier alpha value is -3.32. The van der Waals surface area contributed by atoms with Gasteiger partial charge in [0, 0.05) is 38.2 Å². The van der Waals surface area contributed by atoms with Crippen LogP contribution in [-0.4, -0.2) is 53.1 Å². The average Bonchev–Trinajstić information content (AvgIpc) is 2.80. The molecular formula is C25H31N3O4. The number of phenolic OH excluding ortho intramolecular Hbond substituents is 2. The van der Waals surface area contributed by atoms with Crippen LogP contribution >= 0.6 is 0 Å². The molecule has 1 fully saturated rings. The van der Waals surface area contributed by atoms with Gasteiger partial charge in [0.25, 0.3) is 0 Å². The predicted molar refractivity (Wildman–Crippen MR) is 124 cm³/mol. The van der Waals surface area contributed by atoms with Crippen LogP contribution in [0.1, 0.15) is 42.9 Å². The van der Waals surface area contributed by atoms with E-state index < -0.39 is 0 Å². The van der Waals surface area contributed by atoms with Crippen molar-refractivity contribution in [2.75, 3.05) is 26.2 Å². The van der Waals surface area contributed by atoms with Gasteiger partial charge in [0.2, 0.25) is 11.8 Å². The third-order valence-corrected chi connectivity index (χ3v) is 5.48. The maximum atomic E-state index is 12.8. The summed E-state index contributed by atoms with van der Waals surface area (Å²) in [5.41, 5.74) is 1.79. The van der Waals surface area contributed by atoms with Gasteiger partial charge in [-0.05, 0) is 67.3 Å². The van der Waals surface area contributed by atoms with E-state index in [0.717, 1.165) is 30.4 Å². The van der Waals surface area contributed by atoms with E-state index in [9.17, 15) is 19.8 Å². The highest BCUT2D eigenvalue weighted by Gasteiger charge is 2.17. The number of aromatic hydroxyl groups is 2. The van der Waals surface area contributed by atoms with Gasteiger partial charge >= 0.3 is 0 Å². The van der Waals surface area contributed by atoms with E-state index in [1.807, 2.05) is 17.0 Å². The minimum atomic E-state index is -0.158. The molecule has 0 unspecified atom stereocenters. The summed E-state index contributed by atoms with van der Waals surface area (Å²) in [7, 11) is 0. The van der Waals surface area contributed by atoms with Gasteiger partial charge in [-0.2, -0.15) is 0 Å². The zero-order chi connectivity index (χ0) is 22.8. The van der Waals surface area contributed by atoms with Crippen LogP contribution in [0.3, 0.4) is 0 Å². The fourth-order valence-corrected chi connectivity index (χ4v) is 3.66. The van der Waals surface area contributed by atoms with E-state index in [4.69, 9.17) is 0 Å². The third kappa shape index (κ3) is 7.42. The zero-order valence-electron chi connectivity index (χ0n) is 18.2. The van der Waals surface area contributed by atoms with E-state index in [1.165, 1.54) is 0 Å². The number of benzene rings is 2. The maximum absolute atomic E-state index is 12.8. The largest absolute Gasteiger partial charge is 0.508 e. The molecule has 2 amide bonds. The highest BCUT2D eigenvalue weighted by molar-refractivity contribution is 5.91. The molecule has 0 radical (unpaired) electrons. The Morgan fingerprint density at radius 2 is 1.56 bits per heavy atom. The molecule has 1 aliphatic heterocycles. The fourth-order valence-electron chi connectivity index (χ4n) is 3.66. The normalized spacial score (nSPS) is 18.9. The number of rotatable bonds is 3. The minimum Gasteiger partial charge on any atom is -0.508 e. The molecule has 2 aromatic carbocycles. The van der Waals surface area contributed by atoms with Gasteiger partial charge in [-0.3, -0.25) is 9.59 Å². The molecule has 0 spiro atoms. The van der Waals surface area contributed by atoms with E-state index in [2.05, 4.69) is 10.6 Å². The number of carbonyl (C=O) groups excluding carboxylic acids is 2. The molecule has 7 nitrogen and oxygen atoms in total. The van der Waals surface area contributed by atoms with Crippen molar-refractivity contribution in [3.05, 3.63) is 65.7 Å². The second-order valence-corrected chi connectivity index (χ2v) is 7.96. The second-order valence-electron chi connectivity index (χ2n) is 7.96. The quantitative estimate of drug-likeness (QED) is 0.553.